The number of amides is 1. The lowest BCUT2D eigenvalue weighted by Crippen LogP contribution is -2.22. The Balaban J connectivity index is 1.91. The van der Waals surface area contributed by atoms with Gasteiger partial charge in [0.2, 0.25) is 5.91 Å². The number of nitrogens with one attached hydrogen (secondary N) is 2. The maximum Gasteiger partial charge on any atom is 0.573 e. The van der Waals surface area contributed by atoms with Gasteiger partial charge in [-0.3, -0.25) is 4.79 Å². The molecule has 0 atom stereocenters. The van der Waals surface area contributed by atoms with Crippen LogP contribution in [0.4, 0.5) is 37.7 Å². The lowest BCUT2D eigenvalue weighted by atomic mass is 10.2. The molecule has 134 valence electrons. The molecule has 0 aliphatic rings. The van der Waals surface area contributed by atoms with E-state index in [0.717, 1.165) is 30.3 Å². The number of rotatable bonds is 5. The Kier molecular flexibility index (Phi) is 5.40. The number of hydrogen-bond acceptors (Lipinski definition) is 3. The largest absolute Gasteiger partial charge is 0.573 e. The summed E-state index contributed by atoms with van der Waals surface area (Å²) in [6.45, 7) is -0.483. The maximum absolute atomic E-state index is 13.4. The predicted molar refractivity (Wildman–Crippen MR) is 76.6 cm³/mol. The zero-order valence-corrected chi connectivity index (χ0v) is 12.3. The molecule has 2 N–H and O–H groups in total. The molecular weight excluding hydrogens is 354 g/mol. The van der Waals surface area contributed by atoms with Gasteiger partial charge in [0.1, 0.15) is 5.75 Å². The summed E-state index contributed by atoms with van der Waals surface area (Å²) in [5.74, 6) is -5.66. The number of anilines is 2. The van der Waals surface area contributed by atoms with Crippen LogP contribution in [0, 0.1) is 17.5 Å². The molecule has 0 heterocycles. The molecule has 1 amide bonds. The quantitative estimate of drug-likeness (QED) is 0.622. The molecule has 0 bridgehead atoms. The molecule has 4 nitrogen and oxygen atoms in total. The summed E-state index contributed by atoms with van der Waals surface area (Å²) in [6.07, 6.45) is -4.83. The molecule has 0 spiro atoms. The minimum Gasteiger partial charge on any atom is -0.406 e. The van der Waals surface area contributed by atoms with Crippen LogP contribution in [-0.2, 0) is 4.79 Å². The van der Waals surface area contributed by atoms with Gasteiger partial charge in [0.25, 0.3) is 0 Å². The molecule has 10 heteroatoms. The van der Waals surface area contributed by atoms with Crippen molar-refractivity contribution in [2.45, 2.75) is 6.36 Å². The number of benzene rings is 2. The Morgan fingerprint density at radius 1 is 0.960 bits per heavy atom. The van der Waals surface area contributed by atoms with Crippen LogP contribution >= 0.6 is 0 Å². The van der Waals surface area contributed by atoms with Crippen molar-refractivity contribution in [3.8, 4) is 5.75 Å². The van der Waals surface area contributed by atoms with Crippen LogP contribution in [0.3, 0.4) is 0 Å². The van der Waals surface area contributed by atoms with E-state index in [4.69, 9.17) is 0 Å². The average molecular weight is 364 g/mol. The SMILES string of the molecule is O=C(CNc1ccc(F)c(F)c1F)Nc1ccc(OC(F)(F)F)cc1. The van der Waals surface area contributed by atoms with Gasteiger partial charge in [-0.1, -0.05) is 0 Å². The van der Waals surface area contributed by atoms with Gasteiger partial charge in [0.15, 0.2) is 17.5 Å². The molecule has 0 aliphatic carbocycles. The molecule has 2 rings (SSSR count). The number of hydrogen-bond donors (Lipinski definition) is 2. The summed E-state index contributed by atoms with van der Waals surface area (Å²) in [5, 5.41) is 4.60. The highest BCUT2D eigenvalue weighted by atomic mass is 19.4. The van der Waals surface area contributed by atoms with Crippen molar-refractivity contribution < 1.29 is 35.9 Å². The molecule has 2 aromatic carbocycles. The van der Waals surface area contributed by atoms with Crippen molar-refractivity contribution in [1.82, 2.24) is 0 Å². The Bertz CT molecular complexity index is 762. The first kappa shape index (κ1) is 18.4. The van der Waals surface area contributed by atoms with Gasteiger partial charge >= 0.3 is 6.36 Å². The first-order valence-corrected chi connectivity index (χ1v) is 6.69. The fraction of sp³-hybridized carbons (Fsp3) is 0.133. The Morgan fingerprint density at radius 3 is 2.20 bits per heavy atom. The molecule has 0 radical (unpaired) electrons. The Labute approximate surface area is 137 Å². The number of halogens is 6. The first-order valence-electron chi connectivity index (χ1n) is 6.69. The maximum atomic E-state index is 13.4. The third-order valence-corrected chi connectivity index (χ3v) is 2.85. The van der Waals surface area contributed by atoms with E-state index in [1.807, 2.05) is 0 Å². The molecule has 0 aromatic heterocycles. The van der Waals surface area contributed by atoms with Gasteiger partial charge in [-0.25, -0.2) is 13.2 Å². The van der Waals surface area contributed by atoms with Gasteiger partial charge in [-0.15, -0.1) is 13.2 Å². The van der Waals surface area contributed by atoms with Crippen LogP contribution < -0.4 is 15.4 Å². The van der Waals surface area contributed by atoms with E-state index in [0.29, 0.717) is 6.07 Å². The van der Waals surface area contributed by atoms with Gasteiger partial charge in [0.05, 0.1) is 12.2 Å². The monoisotopic (exact) mass is 364 g/mol. The first-order chi connectivity index (χ1) is 11.7. The average Bonchev–Trinajstić information content (AvgIpc) is 2.52. The molecule has 0 aliphatic heterocycles. The molecule has 0 saturated carbocycles. The highest BCUT2D eigenvalue weighted by Crippen LogP contribution is 2.24. The van der Waals surface area contributed by atoms with Crippen LogP contribution in [-0.4, -0.2) is 18.8 Å². The molecule has 0 fully saturated rings. The van der Waals surface area contributed by atoms with E-state index in [2.05, 4.69) is 15.4 Å². The summed E-state index contributed by atoms with van der Waals surface area (Å²) in [7, 11) is 0. The number of ether oxygens (including phenoxy) is 1. The molecule has 25 heavy (non-hydrogen) atoms. The standard InChI is InChI=1S/C15H10F6N2O2/c16-10-5-6-11(14(18)13(10)17)22-7-12(24)23-8-1-3-9(4-2-8)25-15(19,20)21/h1-6,22H,7H2,(H,23,24). The van der Waals surface area contributed by atoms with Crippen molar-refractivity contribution in [2.75, 3.05) is 17.2 Å². The molecule has 0 saturated heterocycles. The third kappa shape index (κ3) is 5.30. The van der Waals surface area contributed by atoms with Crippen molar-refractivity contribution in [3.63, 3.8) is 0 Å². The van der Waals surface area contributed by atoms with Crippen LogP contribution in [0.5, 0.6) is 5.75 Å². The van der Waals surface area contributed by atoms with Gasteiger partial charge in [0, 0.05) is 5.69 Å². The molecule has 2 aromatic rings. The molecular formula is C15H10F6N2O2. The fourth-order valence-corrected chi connectivity index (χ4v) is 1.78. The number of carbonyl (C=O) groups is 1. The minimum atomic E-state index is -4.83. The predicted octanol–water partition coefficient (Wildman–Crippen LogP) is 4.05. The van der Waals surface area contributed by atoms with Crippen LogP contribution in [0.15, 0.2) is 36.4 Å². The minimum absolute atomic E-state index is 0.159. The highest BCUT2D eigenvalue weighted by molar-refractivity contribution is 5.93. The lowest BCUT2D eigenvalue weighted by molar-refractivity contribution is -0.274. The van der Waals surface area contributed by atoms with E-state index in [1.165, 1.54) is 0 Å². The summed E-state index contributed by atoms with van der Waals surface area (Å²) in [6, 6.07) is 5.92. The second-order valence-electron chi connectivity index (χ2n) is 4.70. The summed E-state index contributed by atoms with van der Waals surface area (Å²) in [4.78, 5) is 11.7. The van der Waals surface area contributed by atoms with Gasteiger partial charge < -0.3 is 15.4 Å². The van der Waals surface area contributed by atoms with E-state index in [9.17, 15) is 31.1 Å². The van der Waals surface area contributed by atoms with Crippen molar-refractivity contribution >= 4 is 17.3 Å². The Morgan fingerprint density at radius 2 is 1.60 bits per heavy atom. The van der Waals surface area contributed by atoms with Gasteiger partial charge in [-0.05, 0) is 36.4 Å². The van der Waals surface area contributed by atoms with E-state index in [-0.39, 0.29) is 5.69 Å². The van der Waals surface area contributed by atoms with E-state index < -0.39 is 47.7 Å². The molecule has 0 unspecified atom stereocenters. The zero-order chi connectivity index (χ0) is 18.6. The summed E-state index contributed by atoms with van der Waals surface area (Å²) < 4.78 is 78.9. The van der Waals surface area contributed by atoms with Crippen LogP contribution in [0.25, 0.3) is 0 Å². The summed E-state index contributed by atoms with van der Waals surface area (Å²) in [5.41, 5.74) is -0.255. The smallest absolute Gasteiger partial charge is 0.406 e. The third-order valence-electron chi connectivity index (χ3n) is 2.85. The normalized spacial score (nSPS) is 11.1. The van der Waals surface area contributed by atoms with Crippen molar-refractivity contribution in [3.05, 3.63) is 53.8 Å². The van der Waals surface area contributed by atoms with Crippen LogP contribution in [0.1, 0.15) is 0 Å². The second kappa shape index (κ2) is 7.32. The van der Waals surface area contributed by atoms with Crippen molar-refractivity contribution in [2.24, 2.45) is 0 Å². The van der Waals surface area contributed by atoms with E-state index in [1.54, 1.807) is 0 Å². The van der Waals surface area contributed by atoms with Crippen LogP contribution in [0.2, 0.25) is 0 Å². The fourth-order valence-electron chi connectivity index (χ4n) is 1.78. The highest BCUT2D eigenvalue weighted by Gasteiger charge is 2.30. The zero-order valence-electron chi connectivity index (χ0n) is 12.3. The van der Waals surface area contributed by atoms with Crippen molar-refractivity contribution in [1.29, 1.82) is 0 Å². The van der Waals surface area contributed by atoms with Gasteiger partial charge in [-0.2, -0.15) is 0 Å². The number of alkyl halides is 3. The second-order valence-corrected chi connectivity index (χ2v) is 4.70. The Hall–Kier alpha value is -2.91. The summed E-state index contributed by atoms with van der Waals surface area (Å²) >= 11 is 0. The van der Waals surface area contributed by atoms with E-state index >= 15 is 0 Å². The number of carbonyl (C=O) groups excluding carboxylic acids is 1. The topological polar surface area (TPSA) is 50.4 Å². The lowest BCUT2D eigenvalue weighted by Gasteiger charge is -2.11.